The molecule has 0 amide bonds. The van der Waals surface area contributed by atoms with Crippen molar-refractivity contribution in [2.75, 3.05) is 34.3 Å². The van der Waals surface area contributed by atoms with Gasteiger partial charge in [-0.25, -0.2) is 4.84 Å². The molecule has 3 nitrogen and oxygen atoms in total. The van der Waals surface area contributed by atoms with Crippen LogP contribution in [0.2, 0.25) is 0 Å². The lowest BCUT2D eigenvalue weighted by Crippen LogP contribution is -2.40. The van der Waals surface area contributed by atoms with E-state index in [-0.39, 0.29) is 0 Å². The Bertz CT molecular complexity index is 540. The summed E-state index contributed by atoms with van der Waals surface area (Å²) in [6.45, 7) is 3.48. The number of benzene rings is 2. The molecule has 0 unspecified atom stereocenters. The highest BCUT2D eigenvalue weighted by molar-refractivity contribution is 5.14. The third-order valence-electron chi connectivity index (χ3n) is 3.62. The van der Waals surface area contributed by atoms with E-state index < -0.39 is 0 Å². The summed E-state index contributed by atoms with van der Waals surface area (Å²) in [7, 11) is 6.34. The van der Waals surface area contributed by atoms with E-state index in [9.17, 15) is 0 Å². The zero-order chi connectivity index (χ0) is 15.8. The summed E-state index contributed by atoms with van der Waals surface area (Å²) < 4.78 is 0.545. The number of hydrogen-bond acceptors (Lipinski definition) is 2. The van der Waals surface area contributed by atoms with Gasteiger partial charge in [0.2, 0.25) is 0 Å². The summed E-state index contributed by atoms with van der Waals surface area (Å²) in [5.74, 6) is 0. The van der Waals surface area contributed by atoms with Crippen LogP contribution < -0.4 is 0 Å². The quantitative estimate of drug-likeness (QED) is 0.547. The first-order valence-corrected chi connectivity index (χ1v) is 7.79. The SMILES string of the molecule is CN(CCO[N+](C)(C)Cc1ccccc1)Cc1ccccc1. The molecule has 0 N–H and O–H groups in total. The Morgan fingerprint density at radius 2 is 1.41 bits per heavy atom. The van der Waals surface area contributed by atoms with Crippen molar-refractivity contribution in [1.82, 2.24) is 4.90 Å². The van der Waals surface area contributed by atoms with Gasteiger partial charge in [-0.3, -0.25) is 4.90 Å². The summed E-state index contributed by atoms with van der Waals surface area (Å²) in [5.41, 5.74) is 2.63. The first-order chi connectivity index (χ1) is 10.6. The van der Waals surface area contributed by atoms with Crippen molar-refractivity contribution in [2.45, 2.75) is 13.1 Å². The van der Waals surface area contributed by atoms with Gasteiger partial charge in [-0.05, 0) is 12.6 Å². The van der Waals surface area contributed by atoms with E-state index in [0.717, 1.165) is 26.2 Å². The first-order valence-electron chi connectivity index (χ1n) is 7.79. The first kappa shape index (κ1) is 16.7. The molecule has 0 aromatic heterocycles. The summed E-state index contributed by atoms with van der Waals surface area (Å²) in [6.07, 6.45) is 0. The van der Waals surface area contributed by atoms with Crippen LogP contribution in [-0.2, 0) is 17.9 Å². The number of nitrogens with zero attached hydrogens (tertiary/aromatic N) is 2. The molecule has 0 aliphatic carbocycles. The predicted octanol–water partition coefficient (Wildman–Crippen LogP) is 3.33. The van der Waals surface area contributed by atoms with Crippen LogP contribution in [0.5, 0.6) is 0 Å². The molecule has 0 atom stereocenters. The van der Waals surface area contributed by atoms with Crippen molar-refractivity contribution in [3.05, 3.63) is 71.8 Å². The zero-order valence-electron chi connectivity index (χ0n) is 13.9. The van der Waals surface area contributed by atoms with Gasteiger partial charge in [-0.1, -0.05) is 60.7 Å². The van der Waals surface area contributed by atoms with Crippen LogP contribution >= 0.6 is 0 Å². The molecule has 0 aliphatic heterocycles. The van der Waals surface area contributed by atoms with Crippen molar-refractivity contribution in [2.24, 2.45) is 0 Å². The minimum absolute atomic E-state index is 0.545. The second-order valence-electron chi connectivity index (χ2n) is 6.27. The minimum atomic E-state index is 0.545. The van der Waals surface area contributed by atoms with Crippen LogP contribution in [0.3, 0.4) is 0 Å². The third kappa shape index (κ3) is 5.98. The number of quaternary nitrogens is 1. The Hall–Kier alpha value is -1.68. The average Bonchev–Trinajstić information content (AvgIpc) is 2.48. The van der Waals surface area contributed by atoms with Crippen molar-refractivity contribution >= 4 is 0 Å². The Morgan fingerprint density at radius 1 is 0.864 bits per heavy atom. The van der Waals surface area contributed by atoms with Crippen LogP contribution in [-0.4, -0.2) is 43.8 Å². The molecule has 2 aromatic carbocycles. The molecule has 22 heavy (non-hydrogen) atoms. The smallest absolute Gasteiger partial charge is 0.134 e. The molecule has 0 bridgehead atoms. The summed E-state index contributed by atoms with van der Waals surface area (Å²) in [5, 5.41) is 0. The van der Waals surface area contributed by atoms with Gasteiger partial charge >= 0.3 is 0 Å². The minimum Gasteiger partial charge on any atom is -0.300 e. The number of likely N-dealkylation sites (N-methyl/N-ethyl adjacent to an activating group) is 1. The van der Waals surface area contributed by atoms with Crippen LogP contribution in [0.15, 0.2) is 60.7 Å². The average molecular weight is 299 g/mol. The van der Waals surface area contributed by atoms with Gasteiger partial charge in [0.1, 0.15) is 13.2 Å². The Morgan fingerprint density at radius 3 is 2.00 bits per heavy atom. The van der Waals surface area contributed by atoms with E-state index in [2.05, 4.69) is 80.6 Å². The molecule has 118 valence electrons. The van der Waals surface area contributed by atoms with Crippen molar-refractivity contribution in [3.63, 3.8) is 0 Å². The summed E-state index contributed by atoms with van der Waals surface area (Å²) >= 11 is 0. The lowest BCUT2D eigenvalue weighted by molar-refractivity contribution is -1.09. The Kier molecular flexibility index (Phi) is 6.13. The summed E-state index contributed by atoms with van der Waals surface area (Å²) in [4.78, 5) is 8.33. The van der Waals surface area contributed by atoms with E-state index in [4.69, 9.17) is 4.84 Å². The van der Waals surface area contributed by atoms with Gasteiger partial charge in [-0.2, -0.15) is 4.65 Å². The van der Waals surface area contributed by atoms with Crippen LogP contribution in [0.1, 0.15) is 11.1 Å². The van der Waals surface area contributed by atoms with Gasteiger partial charge in [0.15, 0.2) is 0 Å². The number of hydrogen-bond donors (Lipinski definition) is 0. The van der Waals surface area contributed by atoms with Gasteiger partial charge in [0.25, 0.3) is 0 Å². The molecule has 0 fully saturated rings. The predicted molar refractivity (Wildman–Crippen MR) is 91.0 cm³/mol. The van der Waals surface area contributed by atoms with E-state index in [1.165, 1.54) is 11.1 Å². The molecule has 3 heteroatoms. The largest absolute Gasteiger partial charge is 0.300 e. The van der Waals surface area contributed by atoms with Crippen LogP contribution in [0.4, 0.5) is 0 Å². The van der Waals surface area contributed by atoms with E-state index in [0.29, 0.717) is 4.65 Å². The normalized spacial score (nSPS) is 11.8. The molecule has 0 saturated heterocycles. The monoisotopic (exact) mass is 299 g/mol. The number of hydroxylamine groups is 3. The highest BCUT2D eigenvalue weighted by Crippen LogP contribution is 2.10. The highest BCUT2D eigenvalue weighted by atomic mass is 16.7. The fourth-order valence-corrected chi connectivity index (χ4v) is 2.49. The van der Waals surface area contributed by atoms with Crippen molar-refractivity contribution in [3.8, 4) is 0 Å². The second kappa shape index (κ2) is 8.08. The molecule has 2 aromatic rings. The molecular weight excluding hydrogens is 272 g/mol. The van der Waals surface area contributed by atoms with E-state index in [1.807, 2.05) is 6.07 Å². The molecule has 0 radical (unpaired) electrons. The van der Waals surface area contributed by atoms with Gasteiger partial charge < -0.3 is 0 Å². The fraction of sp³-hybridized carbons (Fsp3) is 0.368. The maximum Gasteiger partial charge on any atom is 0.134 e. The Balaban J connectivity index is 1.72. The molecular formula is C19H27N2O+. The topological polar surface area (TPSA) is 12.5 Å². The second-order valence-corrected chi connectivity index (χ2v) is 6.27. The van der Waals surface area contributed by atoms with Gasteiger partial charge in [-0.15, -0.1) is 0 Å². The standard InChI is InChI=1S/C19H27N2O/c1-20(16-18-10-6-4-7-11-18)14-15-22-21(2,3)17-19-12-8-5-9-13-19/h4-13H,14-17H2,1-3H3/q+1. The van der Waals surface area contributed by atoms with E-state index >= 15 is 0 Å². The lowest BCUT2D eigenvalue weighted by atomic mass is 10.2. The van der Waals surface area contributed by atoms with E-state index in [1.54, 1.807) is 0 Å². The molecule has 0 heterocycles. The lowest BCUT2D eigenvalue weighted by Gasteiger charge is -2.28. The highest BCUT2D eigenvalue weighted by Gasteiger charge is 2.17. The van der Waals surface area contributed by atoms with Crippen molar-refractivity contribution in [1.29, 1.82) is 0 Å². The number of rotatable bonds is 8. The molecule has 0 aliphatic rings. The molecule has 2 rings (SSSR count). The fourth-order valence-electron chi connectivity index (χ4n) is 2.49. The summed E-state index contributed by atoms with van der Waals surface area (Å²) in [6, 6.07) is 21.0. The van der Waals surface area contributed by atoms with Crippen LogP contribution in [0.25, 0.3) is 0 Å². The third-order valence-corrected chi connectivity index (χ3v) is 3.62. The molecule has 0 spiro atoms. The maximum absolute atomic E-state index is 6.04. The van der Waals surface area contributed by atoms with Gasteiger partial charge in [0, 0.05) is 18.7 Å². The Labute approximate surface area is 134 Å². The molecule has 0 saturated carbocycles. The van der Waals surface area contributed by atoms with Crippen LogP contribution in [0, 0.1) is 0 Å². The van der Waals surface area contributed by atoms with Gasteiger partial charge in [0.05, 0.1) is 14.1 Å². The maximum atomic E-state index is 6.04. The zero-order valence-corrected chi connectivity index (χ0v) is 13.9. The van der Waals surface area contributed by atoms with Crippen molar-refractivity contribution < 1.29 is 9.48 Å².